The molecule has 1 N–H and O–H groups in total. The van der Waals surface area contributed by atoms with E-state index < -0.39 is 5.97 Å². The first-order chi connectivity index (χ1) is 10.8. The second-order valence-electron chi connectivity index (χ2n) is 4.49. The largest absolute Gasteiger partial charge is 0.457 e. The van der Waals surface area contributed by atoms with Crippen molar-refractivity contribution in [3.63, 3.8) is 0 Å². The highest BCUT2D eigenvalue weighted by atomic mass is 32.2. The van der Waals surface area contributed by atoms with Gasteiger partial charge in [0, 0.05) is 16.7 Å². The minimum atomic E-state index is -0.535. The van der Waals surface area contributed by atoms with E-state index in [2.05, 4.69) is 0 Å². The lowest BCUT2D eigenvalue weighted by Crippen LogP contribution is -2.09. The van der Waals surface area contributed by atoms with Crippen LogP contribution in [0.25, 0.3) is 11.0 Å². The number of carbonyl (C=O) groups is 1. The van der Waals surface area contributed by atoms with Gasteiger partial charge in [0.1, 0.15) is 12.2 Å². The van der Waals surface area contributed by atoms with Gasteiger partial charge in [-0.1, -0.05) is 24.3 Å². The number of thioether (sulfide) groups is 1. The van der Waals surface area contributed by atoms with Crippen LogP contribution in [0.4, 0.5) is 0 Å². The molecule has 6 heteroatoms. The third-order valence-corrected chi connectivity index (χ3v) is 5.22. The van der Waals surface area contributed by atoms with Crippen LogP contribution in [0.3, 0.4) is 0 Å². The Balaban J connectivity index is 1.92. The standard InChI is InChI=1S/C16H14O4S2/c17-7-8-19-16(18)15-12(10-22-14-6-3-9-21-14)11-4-1-2-5-13(11)20-15/h1-6,9,17H,7-8,10H2. The Bertz CT molecular complexity index is 762. The van der Waals surface area contributed by atoms with Gasteiger partial charge in [0.15, 0.2) is 0 Å². The van der Waals surface area contributed by atoms with E-state index >= 15 is 0 Å². The molecule has 0 unspecified atom stereocenters. The van der Waals surface area contributed by atoms with Crippen LogP contribution >= 0.6 is 23.1 Å². The first-order valence-corrected chi connectivity index (χ1v) is 8.61. The highest BCUT2D eigenvalue weighted by molar-refractivity contribution is 8.00. The first kappa shape index (κ1) is 15.1. The molecular weight excluding hydrogens is 320 g/mol. The van der Waals surface area contributed by atoms with Crippen molar-refractivity contribution in [2.24, 2.45) is 0 Å². The number of aliphatic hydroxyl groups excluding tert-OH is 1. The minimum absolute atomic E-state index is 0.0343. The van der Waals surface area contributed by atoms with Crippen LogP contribution in [0.15, 0.2) is 50.4 Å². The molecule has 2 aromatic heterocycles. The number of rotatable bonds is 6. The van der Waals surface area contributed by atoms with Gasteiger partial charge in [0.05, 0.1) is 10.8 Å². The summed E-state index contributed by atoms with van der Waals surface area (Å²) in [5, 5.41) is 11.7. The Kier molecular flexibility index (Phi) is 4.82. The van der Waals surface area contributed by atoms with E-state index in [1.54, 1.807) is 23.1 Å². The molecule has 0 saturated carbocycles. The van der Waals surface area contributed by atoms with Crippen molar-refractivity contribution in [1.82, 2.24) is 0 Å². The second-order valence-corrected chi connectivity index (χ2v) is 6.71. The number of ether oxygens (including phenoxy) is 1. The van der Waals surface area contributed by atoms with Gasteiger partial charge in [-0.3, -0.25) is 0 Å². The molecule has 3 aromatic rings. The van der Waals surface area contributed by atoms with Crippen molar-refractivity contribution < 1.29 is 19.1 Å². The normalized spacial score (nSPS) is 11.0. The lowest BCUT2D eigenvalue weighted by atomic mass is 10.1. The van der Waals surface area contributed by atoms with Crippen LogP contribution < -0.4 is 0 Å². The first-order valence-electron chi connectivity index (χ1n) is 6.74. The monoisotopic (exact) mass is 334 g/mol. The molecule has 0 atom stereocenters. The van der Waals surface area contributed by atoms with E-state index in [4.69, 9.17) is 14.3 Å². The van der Waals surface area contributed by atoms with E-state index in [0.29, 0.717) is 11.3 Å². The zero-order chi connectivity index (χ0) is 15.4. The van der Waals surface area contributed by atoms with Crippen LogP contribution in [0, 0.1) is 0 Å². The number of thiophene rings is 1. The number of furan rings is 1. The van der Waals surface area contributed by atoms with Crippen LogP contribution in [0.5, 0.6) is 0 Å². The molecule has 4 nitrogen and oxygen atoms in total. The van der Waals surface area contributed by atoms with Crippen molar-refractivity contribution in [3.8, 4) is 0 Å². The Labute approximate surface area is 135 Å². The molecule has 0 aliphatic heterocycles. The highest BCUT2D eigenvalue weighted by Crippen LogP contribution is 2.33. The fraction of sp³-hybridized carbons (Fsp3) is 0.188. The van der Waals surface area contributed by atoms with Crippen molar-refractivity contribution in [1.29, 1.82) is 0 Å². The van der Waals surface area contributed by atoms with Gasteiger partial charge in [0.2, 0.25) is 5.76 Å². The average Bonchev–Trinajstić information content (AvgIpc) is 3.17. The SMILES string of the molecule is O=C(OCCO)c1oc2ccccc2c1CSc1cccs1. The summed E-state index contributed by atoms with van der Waals surface area (Å²) in [7, 11) is 0. The second kappa shape index (κ2) is 7.00. The number of para-hydroxylation sites is 1. The van der Waals surface area contributed by atoms with Crippen molar-refractivity contribution in [2.75, 3.05) is 13.2 Å². The molecular formula is C16H14O4S2. The minimum Gasteiger partial charge on any atom is -0.457 e. The van der Waals surface area contributed by atoms with E-state index in [0.717, 1.165) is 10.9 Å². The average molecular weight is 334 g/mol. The summed E-state index contributed by atoms with van der Waals surface area (Å²) in [6, 6.07) is 11.6. The summed E-state index contributed by atoms with van der Waals surface area (Å²) in [5.74, 6) is 0.312. The number of esters is 1. The van der Waals surface area contributed by atoms with Gasteiger partial charge in [-0.15, -0.1) is 23.1 Å². The van der Waals surface area contributed by atoms with Gasteiger partial charge in [0.25, 0.3) is 0 Å². The molecule has 0 aliphatic rings. The van der Waals surface area contributed by atoms with E-state index in [9.17, 15) is 4.79 Å². The summed E-state index contributed by atoms with van der Waals surface area (Å²) in [5.41, 5.74) is 1.50. The predicted octanol–water partition coefficient (Wildman–Crippen LogP) is 3.94. The maximum atomic E-state index is 12.1. The number of hydrogen-bond donors (Lipinski definition) is 1. The molecule has 22 heavy (non-hydrogen) atoms. The third-order valence-electron chi connectivity index (χ3n) is 3.06. The zero-order valence-corrected chi connectivity index (χ0v) is 13.3. The van der Waals surface area contributed by atoms with E-state index in [-0.39, 0.29) is 19.0 Å². The zero-order valence-electron chi connectivity index (χ0n) is 11.7. The molecule has 3 rings (SSSR count). The predicted molar refractivity (Wildman–Crippen MR) is 87.5 cm³/mol. The number of fused-ring (bicyclic) bond motifs is 1. The van der Waals surface area contributed by atoms with Crippen LogP contribution in [-0.4, -0.2) is 24.3 Å². The van der Waals surface area contributed by atoms with Crippen molar-refractivity contribution in [3.05, 3.63) is 53.1 Å². The fourth-order valence-corrected chi connectivity index (χ4v) is 3.91. The molecule has 0 amide bonds. The van der Waals surface area contributed by atoms with Crippen molar-refractivity contribution in [2.45, 2.75) is 9.96 Å². The Morgan fingerprint density at radius 1 is 1.27 bits per heavy atom. The quantitative estimate of drug-likeness (QED) is 0.546. The highest BCUT2D eigenvalue weighted by Gasteiger charge is 2.21. The topological polar surface area (TPSA) is 59.7 Å². The molecule has 0 fully saturated rings. The van der Waals surface area contributed by atoms with Crippen molar-refractivity contribution >= 4 is 40.0 Å². The number of carbonyl (C=O) groups excluding carboxylic acids is 1. The molecule has 114 valence electrons. The van der Waals surface area contributed by atoms with E-state index in [1.165, 1.54) is 4.21 Å². The molecule has 0 radical (unpaired) electrons. The van der Waals surface area contributed by atoms with Crippen LogP contribution in [0.2, 0.25) is 0 Å². The van der Waals surface area contributed by atoms with Gasteiger partial charge in [-0.2, -0.15) is 0 Å². The smallest absolute Gasteiger partial charge is 0.374 e. The summed E-state index contributed by atoms with van der Waals surface area (Å²) in [6.45, 7) is -0.237. The molecule has 0 spiro atoms. The Morgan fingerprint density at radius 3 is 2.91 bits per heavy atom. The lowest BCUT2D eigenvalue weighted by molar-refractivity contribution is 0.0400. The number of hydrogen-bond acceptors (Lipinski definition) is 6. The van der Waals surface area contributed by atoms with E-state index in [1.807, 2.05) is 41.8 Å². The molecule has 2 heterocycles. The molecule has 0 saturated heterocycles. The summed E-state index contributed by atoms with van der Waals surface area (Å²) in [6.07, 6.45) is 0. The molecule has 0 aliphatic carbocycles. The van der Waals surface area contributed by atoms with Gasteiger partial charge in [-0.05, 0) is 17.5 Å². The van der Waals surface area contributed by atoms with Gasteiger partial charge >= 0.3 is 5.97 Å². The maximum absolute atomic E-state index is 12.1. The molecule has 1 aromatic carbocycles. The van der Waals surface area contributed by atoms with Crippen LogP contribution in [-0.2, 0) is 10.5 Å². The summed E-state index contributed by atoms with van der Waals surface area (Å²) >= 11 is 3.32. The Morgan fingerprint density at radius 2 is 2.14 bits per heavy atom. The Hall–Kier alpha value is -1.76. The lowest BCUT2D eigenvalue weighted by Gasteiger charge is -2.03. The number of aliphatic hydroxyl groups is 1. The maximum Gasteiger partial charge on any atom is 0.374 e. The molecule has 0 bridgehead atoms. The van der Waals surface area contributed by atoms with Crippen LogP contribution in [0.1, 0.15) is 16.1 Å². The fourth-order valence-electron chi connectivity index (χ4n) is 2.10. The summed E-state index contributed by atoms with van der Waals surface area (Å²) < 4.78 is 11.8. The van der Waals surface area contributed by atoms with Gasteiger partial charge < -0.3 is 14.3 Å². The van der Waals surface area contributed by atoms with Gasteiger partial charge in [-0.25, -0.2) is 4.79 Å². The number of benzene rings is 1. The third kappa shape index (κ3) is 3.19. The summed E-state index contributed by atoms with van der Waals surface area (Å²) in [4.78, 5) is 12.1.